The van der Waals surface area contributed by atoms with Gasteiger partial charge in [0.1, 0.15) is 6.54 Å². The highest BCUT2D eigenvalue weighted by atomic mass is 16.7. The molecule has 2 N–H and O–H groups in total. The van der Waals surface area contributed by atoms with E-state index in [-0.39, 0.29) is 13.2 Å². The number of amides is 4. The van der Waals surface area contributed by atoms with Gasteiger partial charge in [-0.2, -0.15) is 0 Å². The van der Waals surface area contributed by atoms with Crippen LogP contribution in [0.1, 0.15) is 11.1 Å². The second kappa shape index (κ2) is 8.31. The lowest BCUT2D eigenvalue weighted by Gasteiger charge is -2.27. The van der Waals surface area contributed by atoms with E-state index in [2.05, 4.69) is 10.6 Å². The fourth-order valence-corrected chi connectivity index (χ4v) is 4.13. The molecule has 33 heavy (non-hydrogen) atoms. The summed E-state index contributed by atoms with van der Waals surface area (Å²) in [6, 6.07) is 22.9. The van der Waals surface area contributed by atoms with E-state index in [0.717, 1.165) is 10.5 Å². The maximum atomic E-state index is 13.6. The van der Waals surface area contributed by atoms with Crippen molar-refractivity contribution in [3.8, 4) is 11.5 Å². The number of benzene rings is 3. The Labute approximate surface area is 190 Å². The number of imide groups is 1. The molecule has 8 nitrogen and oxygen atoms in total. The summed E-state index contributed by atoms with van der Waals surface area (Å²) in [6.45, 7) is -0.291. The van der Waals surface area contributed by atoms with Crippen LogP contribution in [-0.2, 0) is 21.5 Å². The van der Waals surface area contributed by atoms with E-state index >= 15 is 0 Å². The predicted molar refractivity (Wildman–Crippen MR) is 120 cm³/mol. The van der Waals surface area contributed by atoms with Gasteiger partial charge in [0.05, 0.1) is 0 Å². The van der Waals surface area contributed by atoms with E-state index in [1.54, 1.807) is 30.3 Å². The molecule has 0 spiro atoms. The smallest absolute Gasteiger partial charge is 0.325 e. The van der Waals surface area contributed by atoms with Gasteiger partial charge in [0.25, 0.3) is 5.91 Å². The first-order chi connectivity index (χ1) is 16.0. The van der Waals surface area contributed by atoms with Gasteiger partial charge in [0.15, 0.2) is 17.0 Å². The van der Waals surface area contributed by atoms with Crippen molar-refractivity contribution in [1.82, 2.24) is 10.2 Å². The molecule has 2 aliphatic rings. The molecule has 0 saturated carbocycles. The van der Waals surface area contributed by atoms with E-state index < -0.39 is 29.9 Å². The van der Waals surface area contributed by atoms with Gasteiger partial charge in [-0.1, -0.05) is 60.7 Å². The number of urea groups is 1. The van der Waals surface area contributed by atoms with E-state index in [1.165, 1.54) is 0 Å². The molecule has 5 rings (SSSR count). The lowest BCUT2D eigenvalue weighted by atomic mass is 9.83. The van der Waals surface area contributed by atoms with Gasteiger partial charge >= 0.3 is 6.03 Å². The van der Waals surface area contributed by atoms with Crippen molar-refractivity contribution in [2.75, 3.05) is 18.7 Å². The molecule has 0 aliphatic carbocycles. The highest BCUT2D eigenvalue weighted by Gasteiger charge is 2.52. The van der Waals surface area contributed by atoms with Gasteiger partial charge in [0, 0.05) is 18.2 Å². The molecule has 3 aromatic carbocycles. The average molecular weight is 443 g/mol. The first kappa shape index (κ1) is 20.6. The highest BCUT2D eigenvalue weighted by Crippen LogP contribution is 2.35. The monoisotopic (exact) mass is 443 g/mol. The molecule has 0 radical (unpaired) electrons. The van der Waals surface area contributed by atoms with Gasteiger partial charge in [-0.05, 0) is 23.3 Å². The maximum absolute atomic E-state index is 13.6. The zero-order valence-electron chi connectivity index (χ0n) is 17.6. The van der Waals surface area contributed by atoms with Crippen LogP contribution < -0.4 is 20.1 Å². The Morgan fingerprint density at radius 3 is 2.39 bits per heavy atom. The van der Waals surface area contributed by atoms with Gasteiger partial charge in [-0.3, -0.25) is 14.5 Å². The fourth-order valence-electron chi connectivity index (χ4n) is 4.13. The number of hydrogen-bond acceptors (Lipinski definition) is 5. The molecular formula is C25H21N3O5. The summed E-state index contributed by atoms with van der Waals surface area (Å²) in [4.78, 5) is 40.2. The van der Waals surface area contributed by atoms with Crippen molar-refractivity contribution in [1.29, 1.82) is 0 Å². The number of nitrogens with one attached hydrogen (secondary N) is 2. The molecule has 166 valence electrons. The van der Waals surface area contributed by atoms with Crippen LogP contribution in [0, 0.1) is 0 Å². The van der Waals surface area contributed by atoms with Crippen molar-refractivity contribution in [3.05, 3.63) is 90.0 Å². The zero-order chi connectivity index (χ0) is 22.8. The Hall–Kier alpha value is -4.33. The number of anilines is 1. The first-order valence-electron chi connectivity index (χ1n) is 10.5. The molecule has 4 amide bonds. The first-order valence-corrected chi connectivity index (χ1v) is 10.5. The SMILES string of the molecule is O=C(CN1C(=O)N[C@](Cc2ccccc2)(c2ccccc2)C1=O)Nc1ccc2c(c1)OCO2. The van der Waals surface area contributed by atoms with Crippen LogP contribution in [0.4, 0.5) is 10.5 Å². The van der Waals surface area contributed by atoms with Gasteiger partial charge < -0.3 is 20.1 Å². The number of carbonyl (C=O) groups is 3. The van der Waals surface area contributed by atoms with Crippen molar-refractivity contribution in [2.24, 2.45) is 0 Å². The third-order valence-corrected chi connectivity index (χ3v) is 5.71. The number of carbonyl (C=O) groups excluding carboxylic acids is 3. The van der Waals surface area contributed by atoms with E-state index in [0.29, 0.717) is 22.7 Å². The summed E-state index contributed by atoms with van der Waals surface area (Å²) in [5.74, 6) is 0.147. The van der Waals surface area contributed by atoms with Crippen LogP contribution in [0.2, 0.25) is 0 Å². The molecule has 1 atom stereocenters. The summed E-state index contributed by atoms with van der Waals surface area (Å²) < 4.78 is 10.6. The summed E-state index contributed by atoms with van der Waals surface area (Å²) in [6.07, 6.45) is 0.267. The Kier molecular flexibility index (Phi) is 5.18. The van der Waals surface area contributed by atoms with Crippen LogP contribution in [0.25, 0.3) is 0 Å². The Balaban J connectivity index is 1.38. The Morgan fingerprint density at radius 2 is 1.64 bits per heavy atom. The van der Waals surface area contributed by atoms with Gasteiger partial charge in [-0.15, -0.1) is 0 Å². The van der Waals surface area contributed by atoms with Gasteiger partial charge in [0.2, 0.25) is 12.7 Å². The fraction of sp³-hybridized carbons (Fsp3) is 0.160. The van der Waals surface area contributed by atoms with Crippen molar-refractivity contribution in [3.63, 3.8) is 0 Å². The number of fused-ring (bicyclic) bond motifs is 1. The minimum atomic E-state index is -1.29. The molecule has 0 bridgehead atoms. The molecule has 1 fully saturated rings. The molecule has 2 aliphatic heterocycles. The average Bonchev–Trinajstić information content (AvgIpc) is 3.39. The van der Waals surface area contributed by atoms with Crippen LogP contribution in [0.3, 0.4) is 0 Å². The van der Waals surface area contributed by atoms with Crippen LogP contribution >= 0.6 is 0 Å². The lowest BCUT2D eigenvalue weighted by molar-refractivity contribution is -0.134. The van der Waals surface area contributed by atoms with E-state index in [4.69, 9.17) is 9.47 Å². The Morgan fingerprint density at radius 1 is 0.939 bits per heavy atom. The molecule has 0 unspecified atom stereocenters. The van der Waals surface area contributed by atoms with Crippen molar-refractivity contribution < 1.29 is 23.9 Å². The number of ether oxygens (including phenoxy) is 2. The maximum Gasteiger partial charge on any atom is 0.325 e. The molecule has 2 heterocycles. The third kappa shape index (κ3) is 3.87. The van der Waals surface area contributed by atoms with Crippen LogP contribution in [0.15, 0.2) is 78.9 Å². The summed E-state index contributed by atoms with van der Waals surface area (Å²) in [5, 5.41) is 5.56. The van der Waals surface area contributed by atoms with E-state index in [1.807, 2.05) is 48.5 Å². The van der Waals surface area contributed by atoms with Crippen LogP contribution in [0.5, 0.6) is 11.5 Å². The summed E-state index contributed by atoms with van der Waals surface area (Å²) in [5.41, 5.74) is 0.737. The predicted octanol–water partition coefficient (Wildman–Crippen LogP) is 3.04. The minimum Gasteiger partial charge on any atom is -0.454 e. The lowest BCUT2D eigenvalue weighted by Crippen LogP contribution is -2.46. The second-order valence-corrected chi connectivity index (χ2v) is 7.87. The zero-order valence-corrected chi connectivity index (χ0v) is 17.6. The van der Waals surface area contributed by atoms with Crippen LogP contribution in [-0.4, -0.2) is 36.1 Å². The third-order valence-electron chi connectivity index (χ3n) is 5.71. The van der Waals surface area contributed by atoms with E-state index in [9.17, 15) is 14.4 Å². The molecule has 8 heteroatoms. The molecule has 0 aromatic heterocycles. The highest BCUT2D eigenvalue weighted by molar-refractivity contribution is 6.10. The largest absolute Gasteiger partial charge is 0.454 e. The summed E-state index contributed by atoms with van der Waals surface area (Å²) in [7, 11) is 0. The second-order valence-electron chi connectivity index (χ2n) is 7.87. The topological polar surface area (TPSA) is 97.0 Å². The van der Waals surface area contributed by atoms with Gasteiger partial charge in [-0.25, -0.2) is 4.79 Å². The molecule has 1 saturated heterocycles. The normalized spacial score (nSPS) is 18.8. The Bertz CT molecular complexity index is 1220. The quantitative estimate of drug-likeness (QED) is 0.571. The van der Waals surface area contributed by atoms with Crippen molar-refractivity contribution in [2.45, 2.75) is 12.0 Å². The molecule has 3 aromatic rings. The summed E-state index contributed by atoms with van der Waals surface area (Å²) >= 11 is 0. The number of rotatable bonds is 6. The minimum absolute atomic E-state index is 0.123. The number of nitrogens with zero attached hydrogens (tertiary/aromatic N) is 1. The standard InChI is InChI=1S/C25H21N3O5/c29-22(26-19-11-12-20-21(13-19)33-16-32-20)15-28-23(30)25(27-24(28)31,18-9-5-2-6-10-18)14-17-7-3-1-4-8-17/h1-13H,14-16H2,(H,26,29)(H,27,31)/t25-/m1/s1. The van der Waals surface area contributed by atoms with Crippen molar-refractivity contribution >= 4 is 23.5 Å². The number of hydrogen-bond donors (Lipinski definition) is 2. The molecular weight excluding hydrogens is 422 g/mol.